The topological polar surface area (TPSA) is 58.7 Å². The Morgan fingerprint density at radius 1 is 1.73 bits per heavy atom. The first kappa shape index (κ1) is 8.04. The van der Waals surface area contributed by atoms with Crippen molar-refractivity contribution in [2.24, 2.45) is 10.8 Å². The lowest BCUT2D eigenvalue weighted by Gasteiger charge is -2.09. The summed E-state index contributed by atoms with van der Waals surface area (Å²) in [6, 6.07) is 0. The molecule has 0 saturated heterocycles. The molecule has 0 aliphatic carbocycles. The van der Waals surface area contributed by atoms with Crippen LogP contribution in [-0.2, 0) is 4.79 Å². The lowest BCUT2D eigenvalue weighted by Crippen LogP contribution is -2.21. The number of amides is 1. The van der Waals surface area contributed by atoms with Crippen LogP contribution in [0.1, 0.15) is 26.2 Å². The quantitative estimate of drug-likeness (QED) is 0.636. The van der Waals surface area contributed by atoms with E-state index in [0.29, 0.717) is 18.8 Å². The third kappa shape index (κ3) is 1.93. The Morgan fingerprint density at radius 2 is 2.45 bits per heavy atom. The van der Waals surface area contributed by atoms with Crippen molar-refractivity contribution < 1.29 is 4.79 Å². The molecule has 2 N–H and O–H groups in total. The Kier molecular flexibility index (Phi) is 2.46. The van der Waals surface area contributed by atoms with Gasteiger partial charge in [-0.3, -0.25) is 4.79 Å². The normalized spacial score (nSPS) is 17.4. The number of nitrogens with two attached hydrogens (primary N) is 1. The highest BCUT2D eigenvalue weighted by atomic mass is 16.2. The van der Waals surface area contributed by atoms with Gasteiger partial charge in [0.25, 0.3) is 0 Å². The van der Waals surface area contributed by atoms with E-state index in [0.717, 1.165) is 12.8 Å². The van der Waals surface area contributed by atoms with E-state index in [4.69, 9.17) is 5.73 Å². The van der Waals surface area contributed by atoms with Gasteiger partial charge in [-0.25, -0.2) is 5.01 Å². The van der Waals surface area contributed by atoms with Crippen LogP contribution in [0, 0.1) is 0 Å². The first-order valence-corrected chi connectivity index (χ1v) is 3.87. The summed E-state index contributed by atoms with van der Waals surface area (Å²) in [7, 11) is 0. The van der Waals surface area contributed by atoms with Crippen LogP contribution in [-0.4, -0.2) is 23.3 Å². The standard InChI is InChI=1S/C7H13N3O/c1-2-3-4-10-7(11)5-6(8)9-10/h2-5H2,1H3,(H2,8,9). The van der Waals surface area contributed by atoms with Crippen LogP contribution in [0.2, 0.25) is 0 Å². The van der Waals surface area contributed by atoms with Crippen molar-refractivity contribution in [2.75, 3.05) is 6.54 Å². The largest absolute Gasteiger partial charge is 0.385 e. The predicted octanol–water partition coefficient (Wildman–Crippen LogP) is 0.291. The molecule has 1 rings (SSSR count). The van der Waals surface area contributed by atoms with Gasteiger partial charge in [-0.15, -0.1) is 0 Å². The van der Waals surface area contributed by atoms with Crippen molar-refractivity contribution in [3.63, 3.8) is 0 Å². The summed E-state index contributed by atoms with van der Waals surface area (Å²) in [6.45, 7) is 2.78. The SMILES string of the molecule is CCCCN1N=C(N)CC1=O. The molecule has 0 unspecified atom stereocenters. The van der Waals surface area contributed by atoms with Crippen molar-refractivity contribution in [3.05, 3.63) is 0 Å². The highest BCUT2D eigenvalue weighted by Gasteiger charge is 2.20. The molecule has 1 heterocycles. The van der Waals surface area contributed by atoms with E-state index in [9.17, 15) is 4.79 Å². The molecule has 0 aromatic rings. The van der Waals surface area contributed by atoms with Crippen molar-refractivity contribution in [3.8, 4) is 0 Å². The van der Waals surface area contributed by atoms with Gasteiger partial charge in [0.15, 0.2) is 0 Å². The summed E-state index contributed by atoms with van der Waals surface area (Å²) in [5, 5.41) is 5.34. The number of nitrogens with zero attached hydrogens (tertiary/aromatic N) is 2. The summed E-state index contributed by atoms with van der Waals surface area (Å²) in [5.74, 6) is 0.460. The van der Waals surface area contributed by atoms with E-state index in [2.05, 4.69) is 12.0 Å². The zero-order chi connectivity index (χ0) is 8.27. The number of hydrogen-bond acceptors (Lipinski definition) is 3. The molecule has 0 aromatic heterocycles. The lowest BCUT2D eigenvalue weighted by atomic mass is 10.3. The van der Waals surface area contributed by atoms with E-state index < -0.39 is 0 Å². The summed E-state index contributed by atoms with van der Waals surface area (Å²) in [4.78, 5) is 11.0. The van der Waals surface area contributed by atoms with Gasteiger partial charge in [0.1, 0.15) is 5.84 Å². The molecule has 0 spiro atoms. The maximum Gasteiger partial charge on any atom is 0.250 e. The molecule has 0 radical (unpaired) electrons. The van der Waals surface area contributed by atoms with Gasteiger partial charge >= 0.3 is 0 Å². The monoisotopic (exact) mass is 155 g/mol. The van der Waals surface area contributed by atoms with Gasteiger partial charge in [-0.1, -0.05) is 13.3 Å². The van der Waals surface area contributed by atoms with E-state index in [1.165, 1.54) is 5.01 Å². The Balaban J connectivity index is 2.39. The molecule has 4 heteroatoms. The summed E-state index contributed by atoms with van der Waals surface area (Å²) in [5.41, 5.74) is 5.37. The zero-order valence-electron chi connectivity index (χ0n) is 6.71. The first-order chi connectivity index (χ1) is 5.24. The number of carbonyl (C=O) groups is 1. The lowest BCUT2D eigenvalue weighted by molar-refractivity contribution is -0.128. The van der Waals surface area contributed by atoms with Crippen molar-refractivity contribution in [1.82, 2.24) is 5.01 Å². The van der Waals surface area contributed by atoms with E-state index in [1.807, 2.05) is 0 Å². The second-order valence-corrected chi connectivity index (χ2v) is 2.64. The van der Waals surface area contributed by atoms with Gasteiger partial charge in [0.2, 0.25) is 5.91 Å². The molecule has 11 heavy (non-hydrogen) atoms. The highest BCUT2D eigenvalue weighted by molar-refractivity contribution is 6.02. The average Bonchev–Trinajstić information content (AvgIpc) is 2.26. The van der Waals surface area contributed by atoms with Crippen LogP contribution in [0.25, 0.3) is 0 Å². The molecule has 4 nitrogen and oxygen atoms in total. The van der Waals surface area contributed by atoms with Crippen LogP contribution in [0.5, 0.6) is 0 Å². The molecule has 0 saturated carbocycles. The molecule has 62 valence electrons. The smallest absolute Gasteiger partial charge is 0.250 e. The number of rotatable bonds is 3. The maximum atomic E-state index is 11.0. The van der Waals surface area contributed by atoms with E-state index >= 15 is 0 Å². The Bertz CT molecular complexity index is 188. The number of hydrogen-bond donors (Lipinski definition) is 1. The zero-order valence-corrected chi connectivity index (χ0v) is 6.71. The third-order valence-electron chi connectivity index (χ3n) is 1.59. The molecular weight excluding hydrogens is 142 g/mol. The van der Waals surface area contributed by atoms with Gasteiger partial charge < -0.3 is 5.73 Å². The molecule has 0 aromatic carbocycles. The molecular formula is C7H13N3O. The van der Waals surface area contributed by atoms with Crippen molar-refractivity contribution >= 4 is 11.7 Å². The second kappa shape index (κ2) is 3.37. The van der Waals surface area contributed by atoms with Crippen LogP contribution >= 0.6 is 0 Å². The number of carbonyl (C=O) groups excluding carboxylic acids is 1. The molecule has 0 bridgehead atoms. The fourth-order valence-corrected chi connectivity index (χ4v) is 0.975. The average molecular weight is 155 g/mol. The number of unbranched alkanes of at least 4 members (excludes halogenated alkanes) is 1. The summed E-state index contributed by atoms with van der Waals surface area (Å²) < 4.78 is 0. The van der Waals surface area contributed by atoms with Gasteiger partial charge in [-0.2, -0.15) is 5.10 Å². The first-order valence-electron chi connectivity index (χ1n) is 3.87. The van der Waals surface area contributed by atoms with Gasteiger partial charge in [0, 0.05) is 6.54 Å². The van der Waals surface area contributed by atoms with Crippen LogP contribution in [0.4, 0.5) is 0 Å². The third-order valence-corrected chi connectivity index (χ3v) is 1.59. The minimum atomic E-state index is 0.0240. The molecule has 0 atom stereocenters. The second-order valence-electron chi connectivity index (χ2n) is 2.64. The highest BCUT2D eigenvalue weighted by Crippen LogP contribution is 2.06. The minimum absolute atomic E-state index is 0.0240. The van der Waals surface area contributed by atoms with Crippen LogP contribution < -0.4 is 5.73 Å². The van der Waals surface area contributed by atoms with E-state index in [-0.39, 0.29) is 5.91 Å². The van der Waals surface area contributed by atoms with Crippen LogP contribution in [0.3, 0.4) is 0 Å². The Morgan fingerprint density at radius 3 is 2.91 bits per heavy atom. The minimum Gasteiger partial charge on any atom is -0.385 e. The number of hydrazone groups is 1. The Hall–Kier alpha value is -1.06. The molecule has 1 aliphatic rings. The van der Waals surface area contributed by atoms with Gasteiger partial charge in [-0.05, 0) is 6.42 Å². The van der Waals surface area contributed by atoms with Crippen molar-refractivity contribution in [1.29, 1.82) is 0 Å². The van der Waals surface area contributed by atoms with E-state index in [1.54, 1.807) is 0 Å². The Labute approximate surface area is 66.0 Å². The molecule has 0 fully saturated rings. The summed E-state index contributed by atoms with van der Waals surface area (Å²) >= 11 is 0. The van der Waals surface area contributed by atoms with Gasteiger partial charge in [0.05, 0.1) is 6.42 Å². The van der Waals surface area contributed by atoms with Crippen LogP contribution in [0.15, 0.2) is 5.10 Å². The number of amidine groups is 1. The fourth-order valence-electron chi connectivity index (χ4n) is 0.975. The fraction of sp³-hybridized carbons (Fsp3) is 0.714. The molecule has 1 aliphatic heterocycles. The maximum absolute atomic E-state index is 11.0. The van der Waals surface area contributed by atoms with Crippen molar-refractivity contribution in [2.45, 2.75) is 26.2 Å². The predicted molar refractivity (Wildman–Crippen MR) is 42.9 cm³/mol. The molecule has 1 amide bonds. The summed E-state index contributed by atoms with van der Waals surface area (Å²) in [6.07, 6.45) is 2.35.